The summed E-state index contributed by atoms with van der Waals surface area (Å²) in [5.74, 6) is 0.0458. The third kappa shape index (κ3) is 3.18. The van der Waals surface area contributed by atoms with Crippen LogP contribution in [0.25, 0.3) is 0 Å². The maximum Gasteiger partial charge on any atom is 0.312 e. The average molecular weight is 208 g/mol. The van der Waals surface area contributed by atoms with Crippen LogP contribution in [0.3, 0.4) is 0 Å². The summed E-state index contributed by atoms with van der Waals surface area (Å²) in [6.45, 7) is 0.353. The lowest BCUT2D eigenvalue weighted by Crippen LogP contribution is -2.28. The van der Waals surface area contributed by atoms with E-state index in [9.17, 15) is 4.79 Å². The smallest absolute Gasteiger partial charge is 0.312 e. The van der Waals surface area contributed by atoms with Gasteiger partial charge in [0.1, 0.15) is 0 Å². The molecule has 6 N–H and O–H groups in total. The van der Waals surface area contributed by atoms with Crippen LogP contribution in [-0.2, 0) is 6.54 Å². The molecule has 0 aliphatic rings. The summed E-state index contributed by atoms with van der Waals surface area (Å²) in [6, 6.07) is 6.31. The molecule has 1 rings (SSSR count). The number of urea groups is 1. The largest absolute Gasteiger partial charge is 0.409 e. The van der Waals surface area contributed by atoms with Crippen LogP contribution < -0.4 is 16.8 Å². The Kier molecular flexibility index (Phi) is 3.50. The molecule has 0 spiro atoms. The molecule has 80 valence electrons. The average Bonchev–Trinajstić information content (AvgIpc) is 2.26. The number of carbonyl (C=O) groups is 1. The topological polar surface area (TPSA) is 114 Å². The number of nitrogens with two attached hydrogens (primary N) is 2. The van der Waals surface area contributed by atoms with E-state index < -0.39 is 6.03 Å². The fourth-order valence-corrected chi connectivity index (χ4v) is 1.04. The summed E-state index contributed by atoms with van der Waals surface area (Å²) in [4.78, 5) is 10.4. The molecular formula is C9H12N4O2. The zero-order chi connectivity index (χ0) is 11.3. The van der Waals surface area contributed by atoms with E-state index >= 15 is 0 Å². The molecule has 0 saturated carbocycles. The SMILES string of the molecule is NC(=O)NCc1ccc(C(N)=NO)cc1. The van der Waals surface area contributed by atoms with E-state index in [0.29, 0.717) is 12.1 Å². The second-order valence-corrected chi connectivity index (χ2v) is 2.90. The van der Waals surface area contributed by atoms with Crippen LogP contribution in [0.15, 0.2) is 29.4 Å². The molecule has 15 heavy (non-hydrogen) atoms. The van der Waals surface area contributed by atoms with Gasteiger partial charge in [0.05, 0.1) is 0 Å². The van der Waals surface area contributed by atoms with Crippen molar-refractivity contribution in [3.63, 3.8) is 0 Å². The van der Waals surface area contributed by atoms with Gasteiger partial charge in [0, 0.05) is 12.1 Å². The second kappa shape index (κ2) is 4.85. The lowest BCUT2D eigenvalue weighted by molar-refractivity contribution is 0.248. The van der Waals surface area contributed by atoms with E-state index in [4.69, 9.17) is 16.7 Å². The summed E-state index contributed by atoms with van der Waals surface area (Å²) >= 11 is 0. The van der Waals surface area contributed by atoms with E-state index in [-0.39, 0.29) is 5.84 Å². The lowest BCUT2D eigenvalue weighted by atomic mass is 10.1. The molecule has 0 bridgehead atoms. The molecule has 2 amide bonds. The molecule has 6 heteroatoms. The zero-order valence-corrected chi connectivity index (χ0v) is 7.97. The minimum Gasteiger partial charge on any atom is -0.409 e. The monoisotopic (exact) mass is 208 g/mol. The minimum atomic E-state index is -0.574. The van der Waals surface area contributed by atoms with Gasteiger partial charge >= 0.3 is 6.03 Å². The van der Waals surface area contributed by atoms with E-state index in [0.717, 1.165) is 5.56 Å². The van der Waals surface area contributed by atoms with E-state index in [1.807, 2.05) is 0 Å². The van der Waals surface area contributed by atoms with Crippen LogP contribution in [0.1, 0.15) is 11.1 Å². The van der Waals surface area contributed by atoms with Crippen molar-refractivity contribution in [3.05, 3.63) is 35.4 Å². The van der Waals surface area contributed by atoms with Gasteiger partial charge in [0.25, 0.3) is 0 Å². The van der Waals surface area contributed by atoms with Crippen LogP contribution in [0.5, 0.6) is 0 Å². The predicted octanol–water partition coefficient (Wildman–Crippen LogP) is -0.0506. The van der Waals surface area contributed by atoms with Crippen LogP contribution >= 0.6 is 0 Å². The highest BCUT2D eigenvalue weighted by molar-refractivity contribution is 5.96. The van der Waals surface area contributed by atoms with Crippen LogP contribution in [0.4, 0.5) is 4.79 Å². The fourth-order valence-electron chi connectivity index (χ4n) is 1.04. The van der Waals surface area contributed by atoms with Gasteiger partial charge in [-0.2, -0.15) is 0 Å². The van der Waals surface area contributed by atoms with E-state index in [2.05, 4.69) is 10.5 Å². The Bertz CT molecular complexity index is 372. The number of amidine groups is 1. The molecule has 1 aromatic rings. The second-order valence-electron chi connectivity index (χ2n) is 2.90. The van der Waals surface area contributed by atoms with Crippen molar-refractivity contribution in [2.75, 3.05) is 0 Å². The molecule has 0 radical (unpaired) electrons. The number of nitrogens with zero attached hydrogens (tertiary/aromatic N) is 1. The van der Waals surface area contributed by atoms with Gasteiger partial charge in [-0.3, -0.25) is 0 Å². The van der Waals surface area contributed by atoms with Gasteiger partial charge in [-0.05, 0) is 5.56 Å². The number of nitrogens with one attached hydrogen (secondary N) is 1. The van der Waals surface area contributed by atoms with Gasteiger partial charge in [0.15, 0.2) is 5.84 Å². The van der Waals surface area contributed by atoms with Crippen LogP contribution in [0.2, 0.25) is 0 Å². The minimum absolute atomic E-state index is 0.0458. The van der Waals surface area contributed by atoms with Crippen LogP contribution in [-0.4, -0.2) is 17.1 Å². The highest BCUT2D eigenvalue weighted by Gasteiger charge is 1.99. The van der Waals surface area contributed by atoms with Crippen molar-refractivity contribution in [2.45, 2.75) is 6.54 Å². The third-order valence-electron chi connectivity index (χ3n) is 1.82. The molecule has 0 unspecified atom stereocenters. The molecule has 0 heterocycles. The number of carbonyl (C=O) groups excluding carboxylic acids is 1. The first-order valence-corrected chi connectivity index (χ1v) is 4.23. The highest BCUT2D eigenvalue weighted by atomic mass is 16.4. The van der Waals surface area contributed by atoms with Crippen molar-refractivity contribution >= 4 is 11.9 Å². The molecule has 0 aromatic heterocycles. The lowest BCUT2D eigenvalue weighted by Gasteiger charge is -2.03. The van der Waals surface area contributed by atoms with Crippen molar-refractivity contribution in [2.24, 2.45) is 16.6 Å². The number of primary amides is 1. The summed E-state index contributed by atoms with van der Waals surface area (Å²) in [5, 5.41) is 13.7. The maximum atomic E-state index is 10.4. The summed E-state index contributed by atoms with van der Waals surface area (Å²) in [6.07, 6.45) is 0. The van der Waals surface area contributed by atoms with Crippen molar-refractivity contribution in [1.82, 2.24) is 5.32 Å². The molecule has 0 aliphatic carbocycles. The van der Waals surface area contributed by atoms with Gasteiger partial charge in [-0.1, -0.05) is 29.4 Å². The summed E-state index contributed by atoms with van der Waals surface area (Å²) in [7, 11) is 0. The van der Waals surface area contributed by atoms with E-state index in [1.165, 1.54) is 0 Å². The predicted molar refractivity (Wildman–Crippen MR) is 55.4 cm³/mol. The van der Waals surface area contributed by atoms with Crippen molar-refractivity contribution in [1.29, 1.82) is 0 Å². The fraction of sp³-hybridized carbons (Fsp3) is 0.111. The Balaban J connectivity index is 2.68. The highest BCUT2D eigenvalue weighted by Crippen LogP contribution is 2.03. The number of rotatable bonds is 3. The zero-order valence-electron chi connectivity index (χ0n) is 7.97. The Morgan fingerprint density at radius 1 is 1.33 bits per heavy atom. The normalized spacial score (nSPS) is 11.1. The molecule has 0 fully saturated rings. The van der Waals surface area contributed by atoms with Crippen LogP contribution in [0, 0.1) is 0 Å². The first-order valence-electron chi connectivity index (χ1n) is 4.23. The Morgan fingerprint density at radius 3 is 2.40 bits per heavy atom. The molecular weight excluding hydrogens is 196 g/mol. The first kappa shape index (κ1) is 10.8. The number of hydrogen-bond donors (Lipinski definition) is 4. The molecule has 0 aliphatic heterocycles. The number of oxime groups is 1. The Hall–Kier alpha value is -2.24. The molecule has 0 atom stereocenters. The maximum absolute atomic E-state index is 10.4. The van der Waals surface area contributed by atoms with Gasteiger partial charge in [-0.15, -0.1) is 0 Å². The number of benzene rings is 1. The number of amides is 2. The van der Waals surface area contributed by atoms with Crippen molar-refractivity contribution in [3.8, 4) is 0 Å². The Morgan fingerprint density at radius 2 is 1.93 bits per heavy atom. The summed E-state index contributed by atoms with van der Waals surface area (Å²) in [5.41, 5.74) is 11.8. The standard InChI is InChI=1S/C9H12N4O2/c10-8(13-15)7-3-1-6(2-4-7)5-12-9(11)14/h1-4,15H,5H2,(H2,10,13)(H3,11,12,14). The third-order valence-corrected chi connectivity index (χ3v) is 1.82. The molecule has 1 aromatic carbocycles. The number of hydrogen-bond acceptors (Lipinski definition) is 3. The van der Waals surface area contributed by atoms with Gasteiger partial charge < -0.3 is 22.0 Å². The molecule has 6 nitrogen and oxygen atoms in total. The first-order chi connectivity index (χ1) is 7.13. The van der Waals surface area contributed by atoms with E-state index in [1.54, 1.807) is 24.3 Å². The molecule has 0 saturated heterocycles. The van der Waals surface area contributed by atoms with Crippen molar-refractivity contribution < 1.29 is 10.0 Å². The van der Waals surface area contributed by atoms with Gasteiger partial charge in [-0.25, -0.2) is 4.79 Å². The Labute approximate surface area is 86.6 Å². The van der Waals surface area contributed by atoms with Gasteiger partial charge in [0.2, 0.25) is 0 Å². The summed E-state index contributed by atoms with van der Waals surface area (Å²) < 4.78 is 0. The quantitative estimate of drug-likeness (QED) is 0.241.